The average molecular weight is 354 g/mol. The standard InChI is InChI=1S/C17H26N2O4S/c1-13-15(4-3-5-16(13)23-2)12-19-17(20)18-9-6-14-7-10-24(21,22)11-8-14/h3-5,14H,6-12H2,1-2H3,(H2,18,19,20). The zero-order chi connectivity index (χ0) is 17.6. The fourth-order valence-electron chi connectivity index (χ4n) is 2.93. The predicted octanol–water partition coefficient (Wildman–Crippen LogP) is 2.02. The van der Waals surface area contributed by atoms with Crippen LogP contribution in [0.2, 0.25) is 0 Å². The van der Waals surface area contributed by atoms with Gasteiger partial charge >= 0.3 is 6.03 Å². The molecule has 6 nitrogen and oxygen atoms in total. The molecule has 1 aromatic carbocycles. The van der Waals surface area contributed by atoms with Crippen molar-refractivity contribution in [2.75, 3.05) is 25.2 Å². The van der Waals surface area contributed by atoms with Gasteiger partial charge in [-0.3, -0.25) is 0 Å². The lowest BCUT2D eigenvalue weighted by Gasteiger charge is -2.21. The lowest BCUT2D eigenvalue weighted by molar-refractivity contribution is 0.239. The summed E-state index contributed by atoms with van der Waals surface area (Å²) in [5.41, 5.74) is 2.03. The Kier molecular flexibility index (Phi) is 6.48. The molecule has 24 heavy (non-hydrogen) atoms. The maximum absolute atomic E-state index is 11.9. The molecule has 1 saturated heterocycles. The predicted molar refractivity (Wildman–Crippen MR) is 94.0 cm³/mol. The Hall–Kier alpha value is -1.76. The van der Waals surface area contributed by atoms with Crippen LogP contribution in [0, 0.1) is 12.8 Å². The Morgan fingerprint density at radius 3 is 2.62 bits per heavy atom. The van der Waals surface area contributed by atoms with Gasteiger partial charge in [-0.2, -0.15) is 0 Å². The molecule has 0 aromatic heterocycles. The summed E-state index contributed by atoms with van der Waals surface area (Å²) in [6.07, 6.45) is 2.23. The Labute approximate surface area is 143 Å². The number of sulfone groups is 1. The number of benzene rings is 1. The molecule has 0 bridgehead atoms. The van der Waals surface area contributed by atoms with Crippen LogP contribution < -0.4 is 15.4 Å². The minimum Gasteiger partial charge on any atom is -0.496 e. The molecule has 1 heterocycles. The minimum absolute atomic E-state index is 0.208. The minimum atomic E-state index is -2.82. The Balaban J connectivity index is 1.69. The molecule has 0 radical (unpaired) electrons. The third-order valence-corrected chi connectivity index (χ3v) is 6.28. The summed E-state index contributed by atoms with van der Waals surface area (Å²) >= 11 is 0. The van der Waals surface area contributed by atoms with Crippen LogP contribution in [-0.4, -0.2) is 39.6 Å². The largest absolute Gasteiger partial charge is 0.496 e. The number of nitrogens with one attached hydrogen (secondary N) is 2. The highest BCUT2D eigenvalue weighted by atomic mass is 32.2. The molecular formula is C17H26N2O4S. The van der Waals surface area contributed by atoms with Crippen molar-refractivity contribution in [3.05, 3.63) is 29.3 Å². The molecule has 0 atom stereocenters. The molecule has 7 heteroatoms. The summed E-state index contributed by atoms with van der Waals surface area (Å²) in [6, 6.07) is 5.54. The smallest absolute Gasteiger partial charge is 0.315 e. The highest BCUT2D eigenvalue weighted by molar-refractivity contribution is 7.91. The van der Waals surface area contributed by atoms with Crippen molar-refractivity contribution in [3.8, 4) is 5.75 Å². The molecule has 0 aliphatic carbocycles. The second kappa shape index (κ2) is 8.37. The third-order valence-electron chi connectivity index (χ3n) is 4.57. The molecule has 1 aliphatic rings. The lowest BCUT2D eigenvalue weighted by atomic mass is 9.99. The zero-order valence-corrected chi connectivity index (χ0v) is 15.1. The van der Waals surface area contributed by atoms with E-state index in [0.717, 1.165) is 23.3 Å². The van der Waals surface area contributed by atoms with Crippen molar-refractivity contribution < 1.29 is 17.9 Å². The Morgan fingerprint density at radius 1 is 1.25 bits per heavy atom. The van der Waals surface area contributed by atoms with Crippen LogP contribution in [0.25, 0.3) is 0 Å². The molecule has 134 valence electrons. The SMILES string of the molecule is COc1cccc(CNC(=O)NCCC2CCS(=O)(=O)CC2)c1C. The van der Waals surface area contributed by atoms with Crippen LogP contribution in [0.5, 0.6) is 5.75 Å². The van der Waals surface area contributed by atoms with E-state index < -0.39 is 9.84 Å². The second-order valence-corrected chi connectivity index (χ2v) is 8.54. The molecule has 0 spiro atoms. The number of amides is 2. The number of methoxy groups -OCH3 is 1. The first-order chi connectivity index (χ1) is 11.4. The molecule has 2 amide bonds. The molecule has 0 saturated carbocycles. The number of urea groups is 1. The highest BCUT2D eigenvalue weighted by Gasteiger charge is 2.23. The fraction of sp³-hybridized carbons (Fsp3) is 0.588. The van der Waals surface area contributed by atoms with Crippen molar-refractivity contribution in [1.82, 2.24) is 10.6 Å². The van der Waals surface area contributed by atoms with Gasteiger partial charge in [0.15, 0.2) is 0 Å². The molecule has 1 aliphatic heterocycles. The first kappa shape index (κ1) is 18.6. The van der Waals surface area contributed by atoms with Crippen molar-refractivity contribution in [2.45, 2.75) is 32.7 Å². The highest BCUT2D eigenvalue weighted by Crippen LogP contribution is 2.22. The van der Waals surface area contributed by atoms with E-state index in [1.807, 2.05) is 25.1 Å². The number of hydrogen-bond acceptors (Lipinski definition) is 4. The van der Waals surface area contributed by atoms with Gasteiger partial charge in [-0.05, 0) is 49.3 Å². The van der Waals surface area contributed by atoms with E-state index in [1.54, 1.807) is 7.11 Å². The quantitative estimate of drug-likeness (QED) is 0.818. The zero-order valence-electron chi connectivity index (χ0n) is 14.3. The van der Waals surface area contributed by atoms with Gasteiger partial charge in [0.1, 0.15) is 15.6 Å². The van der Waals surface area contributed by atoms with E-state index in [0.29, 0.717) is 31.8 Å². The molecule has 1 fully saturated rings. The summed E-state index contributed by atoms with van der Waals surface area (Å²) < 4.78 is 28.0. The lowest BCUT2D eigenvalue weighted by Crippen LogP contribution is -2.36. The van der Waals surface area contributed by atoms with E-state index >= 15 is 0 Å². The van der Waals surface area contributed by atoms with Gasteiger partial charge < -0.3 is 15.4 Å². The van der Waals surface area contributed by atoms with Crippen LogP contribution >= 0.6 is 0 Å². The number of rotatable bonds is 6. The Bertz CT molecular complexity index is 659. The van der Waals surface area contributed by atoms with Gasteiger partial charge in [-0.25, -0.2) is 13.2 Å². The average Bonchev–Trinajstić information content (AvgIpc) is 2.55. The molecule has 2 N–H and O–H groups in total. The van der Waals surface area contributed by atoms with E-state index in [2.05, 4.69) is 10.6 Å². The second-order valence-electron chi connectivity index (χ2n) is 6.24. The monoisotopic (exact) mass is 354 g/mol. The van der Waals surface area contributed by atoms with E-state index in [4.69, 9.17) is 4.74 Å². The van der Waals surface area contributed by atoms with Crippen LogP contribution in [0.4, 0.5) is 4.79 Å². The van der Waals surface area contributed by atoms with Crippen LogP contribution in [0.1, 0.15) is 30.4 Å². The summed E-state index contributed by atoms with van der Waals surface area (Å²) in [5, 5.41) is 5.68. The van der Waals surface area contributed by atoms with Crippen molar-refractivity contribution in [1.29, 1.82) is 0 Å². The van der Waals surface area contributed by atoms with Crippen LogP contribution in [0.3, 0.4) is 0 Å². The first-order valence-electron chi connectivity index (χ1n) is 8.26. The molecule has 1 aromatic rings. The van der Waals surface area contributed by atoms with Crippen LogP contribution in [-0.2, 0) is 16.4 Å². The van der Waals surface area contributed by atoms with Gasteiger partial charge in [-0.1, -0.05) is 12.1 Å². The number of hydrogen-bond donors (Lipinski definition) is 2. The van der Waals surface area contributed by atoms with Crippen LogP contribution in [0.15, 0.2) is 18.2 Å². The maximum Gasteiger partial charge on any atom is 0.315 e. The van der Waals surface area contributed by atoms with Gasteiger partial charge in [-0.15, -0.1) is 0 Å². The van der Waals surface area contributed by atoms with Crippen molar-refractivity contribution >= 4 is 15.9 Å². The van der Waals surface area contributed by atoms with Gasteiger partial charge in [0, 0.05) is 13.1 Å². The van der Waals surface area contributed by atoms with Gasteiger partial charge in [0.05, 0.1) is 18.6 Å². The first-order valence-corrected chi connectivity index (χ1v) is 10.1. The molecule has 2 rings (SSSR count). The van der Waals surface area contributed by atoms with Crippen molar-refractivity contribution in [3.63, 3.8) is 0 Å². The maximum atomic E-state index is 11.9. The topological polar surface area (TPSA) is 84.5 Å². The summed E-state index contributed by atoms with van der Waals surface area (Å²) in [7, 11) is -1.19. The van der Waals surface area contributed by atoms with Gasteiger partial charge in [0.25, 0.3) is 0 Å². The fourth-order valence-corrected chi connectivity index (χ4v) is 4.52. The molecular weight excluding hydrogens is 328 g/mol. The van der Waals surface area contributed by atoms with Gasteiger partial charge in [0.2, 0.25) is 0 Å². The van der Waals surface area contributed by atoms with E-state index in [9.17, 15) is 13.2 Å². The summed E-state index contributed by atoms with van der Waals surface area (Å²) in [5.74, 6) is 1.74. The van der Waals surface area contributed by atoms with E-state index in [-0.39, 0.29) is 17.5 Å². The van der Waals surface area contributed by atoms with Crippen molar-refractivity contribution in [2.24, 2.45) is 5.92 Å². The Morgan fingerprint density at radius 2 is 1.96 bits per heavy atom. The number of carbonyl (C=O) groups is 1. The summed E-state index contributed by atoms with van der Waals surface area (Å²) in [4.78, 5) is 11.9. The normalized spacial score (nSPS) is 17.2. The molecule has 0 unspecified atom stereocenters. The summed E-state index contributed by atoms with van der Waals surface area (Å²) in [6.45, 7) is 2.97. The number of ether oxygens (including phenoxy) is 1. The number of carbonyl (C=O) groups excluding carboxylic acids is 1. The third kappa shape index (κ3) is 5.40. The van der Waals surface area contributed by atoms with E-state index in [1.165, 1.54) is 0 Å².